The first-order chi connectivity index (χ1) is 8.95. The molecule has 104 valence electrons. The van der Waals surface area contributed by atoms with Crippen molar-refractivity contribution in [3.8, 4) is 0 Å². The van der Waals surface area contributed by atoms with Gasteiger partial charge in [-0.1, -0.05) is 18.2 Å². The molecule has 0 saturated heterocycles. The Morgan fingerprint density at radius 2 is 1.95 bits per heavy atom. The van der Waals surface area contributed by atoms with Crippen LogP contribution < -0.4 is 16.4 Å². The molecule has 0 aliphatic rings. The minimum atomic E-state index is -0.570. The lowest BCUT2D eigenvalue weighted by Gasteiger charge is -2.21. The second-order valence-corrected chi connectivity index (χ2v) is 4.94. The molecule has 1 rings (SSSR count). The van der Waals surface area contributed by atoms with Crippen LogP contribution in [0.3, 0.4) is 0 Å². The maximum absolute atomic E-state index is 11.8. The van der Waals surface area contributed by atoms with Gasteiger partial charge in [-0.2, -0.15) is 0 Å². The first kappa shape index (κ1) is 15.0. The molecule has 0 radical (unpaired) electrons. The Morgan fingerprint density at radius 3 is 2.53 bits per heavy atom. The summed E-state index contributed by atoms with van der Waals surface area (Å²) in [5, 5.41) is 5.77. The number of aliphatic imine (C=N–C) groups is 1. The van der Waals surface area contributed by atoms with Gasteiger partial charge >= 0.3 is 0 Å². The SMILES string of the molecule is CCNC(=O)C(C)(C)CN=C(N)Nc1ccccc1. The zero-order chi connectivity index (χ0) is 14.3. The van der Waals surface area contributed by atoms with Crippen LogP contribution >= 0.6 is 0 Å². The van der Waals surface area contributed by atoms with Crippen molar-refractivity contribution in [1.82, 2.24) is 5.32 Å². The highest BCUT2D eigenvalue weighted by Crippen LogP contribution is 2.15. The lowest BCUT2D eigenvalue weighted by atomic mass is 9.92. The third kappa shape index (κ3) is 4.99. The molecule has 0 spiro atoms. The second kappa shape index (κ2) is 6.78. The van der Waals surface area contributed by atoms with E-state index in [-0.39, 0.29) is 5.91 Å². The van der Waals surface area contributed by atoms with E-state index in [9.17, 15) is 4.79 Å². The van der Waals surface area contributed by atoms with Crippen molar-refractivity contribution < 1.29 is 4.79 Å². The summed E-state index contributed by atoms with van der Waals surface area (Å²) in [4.78, 5) is 16.0. The van der Waals surface area contributed by atoms with E-state index in [1.165, 1.54) is 0 Å². The molecule has 0 bridgehead atoms. The van der Waals surface area contributed by atoms with Crippen molar-refractivity contribution in [3.63, 3.8) is 0 Å². The van der Waals surface area contributed by atoms with Crippen LogP contribution in [0.15, 0.2) is 35.3 Å². The van der Waals surface area contributed by atoms with E-state index in [0.717, 1.165) is 5.69 Å². The summed E-state index contributed by atoms with van der Waals surface area (Å²) in [5.74, 6) is 0.287. The zero-order valence-corrected chi connectivity index (χ0v) is 11.7. The van der Waals surface area contributed by atoms with Crippen LogP contribution in [-0.2, 0) is 4.79 Å². The van der Waals surface area contributed by atoms with E-state index in [1.807, 2.05) is 51.1 Å². The van der Waals surface area contributed by atoms with Crippen molar-refractivity contribution in [2.45, 2.75) is 20.8 Å². The van der Waals surface area contributed by atoms with Crippen molar-refractivity contribution in [2.75, 3.05) is 18.4 Å². The van der Waals surface area contributed by atoms with Gasteiger partial charge in [-0.25, -0.2) is 0 Å². The number of hydrogen-bond donors (Lipinski definition) is 3. The molecule has 0 aromatic heterocycles. The number of anilines is 1. The average Bonchev–Trinajstić information content (AvgIpc) is 2.38. The third-order valence-corrected chi connectivity index (χ3v) is 2.64. The minimum Gasteiger partial charge on any atom is -0.370 e. The van der Waals surface area contributed by atoms with E-state index in [2.05, 4.69) is 15.6 Å². The van der Waals surface area contributed by atoms with E-state index < -0.39 is 5.41 Å². The van der Waals surface area contributed by atoms with Gasteiger partial charge < -0.3 is 16.4 Å². The molecule has 4 N–H and O–H groups in total. The average molecular weight is 262 g/mol. The summed E-state index contributed by atoms with van der Waals surface area (Å²) in [6.07, 6.45) is 0. The molecule has 1 aromatic carbocycles. The van der Waals surface area contributed by atoms with Crippen molar-refractivity contribution >= 4 is 17.6 Å². The van der Waals surface area contributed by atoms with Crippen LogP contribution in [0, 0.1) is 5.41 Å². The Bertz CT molecular complexity index is 440. The normalized spacial score (nSPS) is 12.1. The molecule has 0 aliphatic carbocycles. The fourth-order valence-corrected chi connectivity index (χ4v) is 1.46. The van der Waals surface area contributed by atoms with Crippen molar-refractivity contribution in [3.05, 3.63) is 30.3 Å². The topological polar surface area (TPSA) is 79.5 Å². The summed E-state index contributed by atoms with van der Waals surface area (Å²) in [7, 11) is 0. The number of nitrogens with two attached hydrogens (primary N) is 1. The van der Waals surface area contributed by atoms with Gasteiger partial charge in [-0.15, -0.1) is 0 Å². The largest absolute Gasteiger partial charge is 0.370 e. The monoisotopic (exact) mass is 262 g/mol. The van der Waals surface area contributed by atoms with Crippen LogP contribution in [0.5, 0.6) is 0 Å². The first-order valence-corrected chi connectivity index (χ1v) is 6.36. The first-order valence-electron chi connectivity index (χ1n) is 6.36. The maximum Gasteiger partial charge on any atom is 0.227 e. The molecule has 5 heteroatoms. The molecule has 0 unspecified atom stereocenters. The summed E-state index contributed by atoms with van der Waals surface area (Å²) in [6, 6.07) is 9.55. The molecule has 0 saturated carbocycles. The number of nitrogens with one attached hydrogen (secondary N) is 2. The number of carbonyl (C=O) groups is 1. The van der Waals surface area contributed by atoms with E-state index in [4.69, 9.17) is 5.73 Å². The summed E-state index contributed by atoms with van der Waals surface area (Å²) < 4.78 is 0. The lowest BCUT2D eigenvalue weighted by molar-refractivity contribution is -0.128. The van der Waals surface area contributed by atoms with Crippen LogP contribution in [0.2, 0.25) is 0 Å². The molecule has 0 heterocycles. The van der Waals surface area contributed by atoms with Gasteiger partial charge in [-0.3, -0.25) is 9.79 Å². The van der Waals surface area contributed by atoms with Crippen molar-refractivity contribution in [2.24, 2.45) is 16.1 Å². The fourth-order valence-electron chi connectivity index (χ4n) is 1.46. The Hall–Kier alpha value is -2.04. The second-order valence-electron chi connectivity index (χ2n) is 4.94. The van der Waals surface area contributed by atoms with Crippen LogP contribution in [0.4, 0.5) is 5.69 Å². The maximum atomic E-state index is 11.8. The number of rotatable bonds is 5. The molecule has 0 atom stereocenters. The highest BCUT2D eigenvalue weighted by Gasteiger charge is 2.26. The van der Waals surface area contributed by atoms with Crippen LogP contribution in [-0.4, -0.2) is 25.0 Å². The summed E-state index contributed by atoms with van der Waals surface area (Å²) in [6.45, 7) is 6.53. The Balaban J connectivity index is 2.58. The number of para-hydroxylation sites is 1. The fraction of sp³-hybridized carbons (Fsp3) is 0.429. The smallest absolute Gasteiger partial charge is 0.227 e. The van der Waals surface area contributed by atoms with Gasteiger partial charge in [0.25, 0.3) is 0 Å². The van der Waals surface area contributed by atoms with Crippen molar-refractivity contribution in [1.29, 1.82) is 0 Å². The van der Waals surface area contributed by atoms with E-state index >= 15 is 0 Å². The number of benzene rings is 1. The Kier molecular flexibility index (Phi) is 5.36. The highest BCUT2D eigenvalue weighted by atomic mass is 16.2. The number of carbonyl (C=O) groups excluding carboxylic acids is 1. The number of nitrogens with zero attached hydrogens (tertiary/aromatic N) is 1. The lowest BCUT2D eigenvalue weighted by Crippen LogP contribution is -2.39. The summed E-state index contributed by atoms with van der Waals surface area (Å²) >= 11 is 0. The summed E-state index contributed by atoms with van der Waals surface area (Å²) in [5.41, 5.74) is 6.10. The van der Waals surface area contributed by atoms with E-state index in [1.54, 1.807) is 0 Å². The van der Waals surface area contributed by atoms with Crippen LogP contribution in [0.1, 0.15) is 20.8 Å². The van der Waals surface area contributed by atoms with Gasteiger partial charge in [0.05, 0.1) is 12.0 Å². The Morgan fingerprint density at radius 1 is 1.32 bits per heavy atom. The third-order valence-electron chi connectivity index (χ3n) is 2.64. The highest BCUT2D eigenvalue weighted by molar-refractivity contribution is 5.92. The van der Waals surface area contributed by atoms with E-state index in [0.29, 0.717) is 19.0 Å². The number of guanidine groups is 1. The molecule has 1 amide bonds. The Labute approximate surface area is 114 Å². The molecule has 0 fully saturated rings. The predicted octanol–water partition coefficient (Wildman–Crippen LogP) is 1.58. The molecular weight excluding hydrogens is 240 g/mol. The quantitative estimate of drug-likeness (QED) is 0.556. The molecule has 19 heavy (non-hydrogen) atoms. The van der Waals surface area contributed by atoms with Gasteiger partial charge in [-0.05, 0) is 32.9 Å². The van der Waals surface area contributed by atoms with Gasteiger partial charge in [0.15, 0.2) is 5.96 Å². The molecular formula is C14H22N4O. The van der Waals surface area contributed by atoms with Gasteiger partial charge in [0, 0.05) is 12.2 Å². The molecule has 5 nitrogen and oxygen atoms in total. The van der Waals surface area contributed by atoms with Gasteiger partial charge in [0.1, 0.15) is 0 Å². The number of hydrogen-bond acceptors (Lipinski definition) is 2. The predicted molar refractivity (Wildman–Crippen MR) is 79.0 cm³/mol. The molecule has 1 aromatic rings. The number of amides is 1. The standard InChI is InChI=1S/C14H22N4O/c1-4-16-12(19)14(2,3)10-17-13(15)18-11-8-6-5-7-9-11/h5-9H,4,10H2,1-3H3,(H,16,19)(H3,15,17,18). The zero-order valence-electron chi connectivity index (χ0n) is 11.7. The molecule has 0 aliphatic heterocycles. The van der Waals surface area contributed by atoms with Gasteiger partial charge in [0.2, 0.25) is 5.91 Å². The minimum absolute atomic E-state index is 0.0220. The van der Waals surface area contributed by atoms with Crippen LogP contribution in [0.25, 0.3) is 0 Å².